The van der Waals surface area contributed by atoms with Crippen molar-refractivity contribution < 1.29 is 13.5 Å². The van der Waals surface area contributed by atoms with Crippen LogP contribution in [0.5, 0.6) is 0 Å². The van der Waals surface area contributed by atoms with Crippen LogP contribution in [0.25, 0.3) is 0 Å². The molecule has 0 aromatic heterocycles. The lowest BCUT2D eigenvalue weighted by atomic mass is 10.0. The first-order valence-corrected chi connectivity index (χ1v) is 7.33. The summed E-state index contributed by atoms with van der Waals surface area (Å²) in [6, 6.07) is 0.242. The highest BCUT2D eigenvalue weighted by Gasteiger charge is 2.25. The zero-order valence-corrected chi connectivity index (χ0v) is 10.3. The minimum Gasteiger partial charge on any atom is -0.389 e. The van der Waals surface area contributed by atoms with Crippen molar-refractivity contribution in [1.29, 1.82) is 0 Å². The Labute approximate surface area is 92.0 Å². The molecule has 1 fully saturated rings. The molecule has 1 unspecified atom stereocenters. The molecule has 15 heavy (non-hydrogen) atoms. The predicted molar refractivity (Wildman–Crippen MR) is 60.6 cm³/mol. The van der Waals surface area contributed by atoms with Crippen LogP contribution in [0.15, 0.2) is 0 Å². The van der Waals surface area contributed by atoms with Gasteiger partial charge in [0.2, 0.25) is 0 Å². The fraction of sp³-hybridized carbons (Fsp3) is 1.00. The Morgan fingerprint density at radius 3 is 2.40 bits per heavy atom. The summed E-state index contributed by atoms with van der Waals surface area (Å²) in [7, 11) is -2.78. The van der Waals surface area contributed by atoms with Gasteiger partial charge in [-0.05, 0) is 26.2 Å². The largest absolute Gasteiger partial charge is 0.389 e. The van der Waals surface area contributed by atoms with Gasteiger partial charge in [0.1, 0.15) is 9.84 Å². The summed E-state index contributed by atoms with van der Waals surface area (Å²) >= 11 is 0. The third kappa shape index (κ3) is 4.49. The molecule has 0 amide bonds. The van der Waals surface area contributed by atoms with Crippen LogP contribution in [0.1, 0.15) is 33.1 Å². The Balaban J connectivity index is 2.31. The fourth-order valence-corrected chi connectivity index (χ4v) is 3.07. The van der Waals surface area contributed by atoms with Gasteiger partial charge in [0.25, 0.3) is 0 Å². The topological polar surface area (TPSA) is 66.4 Å². The van der Waals surface area contributed by atoms with E-state index in [0.717, 1.165) is 0 Å². The summed E-state index contributed by atoms with van der Waals surface area (Å²) in [5.74, 6) is 0.553. The molecule has 1 rings (SSSR count). The Morgan fingerprint density at radius 1 is 1.40 bits per heavy atom. The molecule has 1 saturated heterocycles. The van der Waals surface area contributed by atoms with Crippen molar-refractivity contribution >= 4 is 9.84 Å². The van der Waals surface area contributed by atoms with Crippen LogP contribution in [0.4, 0.5) is 0 Å². The van der Waals surface area contributed by atoms with Crippen LogP contribution in [-0.4, -0.2) is 43.2 Å². The second kappa shape index (κ2) is 4.80. The molecule has 2 N–H and O–H groups in total. The zero-order chi connectivity index (χ0) is 11.5. The van der Waals surface area contributed by atoms with Crippen LogP contribution in [0, 0.1) is 0 Å². The normalized spacial score (nSPS) is 26.1. The van der Waals surface area contributed by atoms with Crippen molar-refractivity contribution in [2.75, 3.05) is 18.1 Å². The Hall–Kier alpha value is -0.130. The number of nitrogens with one attached hydrogen (secondary N) is 1. The van der Waals surface area contributed by atoms with Crippen molar-refractivity contribution in [1.82, 2.24) is 5.32 Å². The molecule has 1 aliphatic heterocycles. The first-order valence-electron chi connectivity index (χ1n) is 5.51. The van der Waals surface area contributed by atoms with Crippen LogP contribution in [0.2, 0.25) is 0 Å². The molecule has 1 heterocycles. The Morgan fingerprint density at radius 2 is 1.93 bits per heavy atom. The van der Waals surface area contributed by atoms with Gasteiger partial charge in [0.15, 0.2) is 0 Å². The quantitative estimate of drug-likeness (QED) is 0.736. The summed E-state index contributed by atoms with van der Waals surface area (Å²) in [6.45, 7) is 4.26. The molecule has 0 spiro atoms. The average molecular weight is 235 g/mol. The Bertz CT molecular complexity index is 284. The van der Waals surface area contributed by atoms with E-state index in [-0.39, 0.29) is 17.5 Å². The number of hydrogen-bond donors (Lipinski definition) is 2. The summed E-state index contributed by atoms with van der Waals surface area (Å²) < 4.78 is 22.4. The van der Waals surface area contributed by atoms with Gasteiger partial charge >= 0.3 is 0 Å². The maximum atomic E-state index is 11.2. The standard InChI is InChI=1S/C10H21NO3S/c1-3-10(2,12)8-11-9-4-6-15(13,14)7-5-9/h9,11-12H,3-8H2,1-2H3. The zero-order valence-electron chi connectivity index (χ0n) is 9.49. The maximum absolute atomic E-state index is 11.2. The molecule has 0 aliphatic carbocycles. The van der Waals surface area contributed by atoms with E-state index in [4.69, 9.17) is 0 Å². The number of hydrogen-bond acceptors (Lipinski definition) is 4. The minimum absolute atomic E-state index is 0.242. The van der Waals surface area contributed by atoms with Gasteiger partial charge in [-0.3, -0.25) is 0 Å². The number of sulfone groups is 1. The molecule has 0 aromatic rings. The molecule has 1 atom stereocenters. The van der Waals surface area contributed by atoms with E-state index in [0.29, 0.717) is 25.8 Å². The smallest absolute Gasteiger partial charge is 0.150 e. The summed E-state index contributed by atoms with van der Waals surface area (Å²) in [4.78, 5) is 0. The van der Waals surface area contributed by atoms with Gasteiger partial charge in [-0.15, -0.1) is 0 Å². The molecule has 0 bridgehead atoms. The highest BCUT2D eigenvalue weighted by Crippen LogP contribution is 2.14. The number of rotatable bonds is 4. The van der Waals surface area contributed by atoms with Gasteiger partial charge in [-0.2, -0.15) is 0 Å². The highest BCUT2D eigenvalue weighted by molar-refractivity contribution is 7.91. The van der Waals surface area contributed by atoms with Gasteiger partial charge in [-0.25, -0.2) is 8.42 Å². The van der Waals surface area contributed by atoms with E-state index in [9.17, 15) is 13.5 Å². The van der Waals surface area contributed by atoms with Crippen molar-refractivity contribution in [3.05, 3.63) is 0 Å². The van der Waals surface area contributed by atoms with Crippen LogP contribution in [-0.2, 0) is 9.84 Å². The summed E-state index contributed by atoms with van der Waals surface area (Å²) in [5, 5.41) is 13.0. The first-order chi connectivity index (χ1) is 6.85. The third-order valence-electron chi connectivity index (χ3n) is 3.09. The van der Waals surface area contributed by atoms with E-state index in [1.807, 2.05) is 6.92 Å². The third-order valence-corrected chi connectivity index (χ3v) is 4.80. The lowest BCUT2D eigenvalue weighted by Crippen LogP contribution is -2.45. The molecular formula is C10H21NO3S. The SMILES string of the molecule is CCC(C)(O)CNC1CCS(=O)(=O)CC1. The summed E-state index contributed by atoms with van der Waals surface area (Å²) in [6.07, 6.45) is 2.04. The molecule has 0 saturated carbocycles. The monoisotopic (exact) mass is 235 g/mol. The highest BCUT2D eigenvalue weighted by atomic mass is 32.2. The lowest BCUT2D eigenvalue weighted by Gasteiger charge is -2.28. The van der Waals surface area contributed by atoms with Crippen LogP contribution >= 0.6 is 0 Å². The van der Waals surface area contributed by atoms with Gasteiger partial charge in [0.05, 0.1) is 17.1 Å². The van der Waals surface area contributed by atoms with Crippen molar-refractivity contribution in [2.24, 2.45) is 0 Å². The van der Waals surface area contributed by atoms with E-state index in [2.05, 4.69) is 5.32 Å². The molecule has 0 radical (unpaired) electrons. The van der Waals surface area contributed by atoms with Crippen molar-refractivity contribution in [3.8, 4) is 0 Å². The molecule has 0 aromatic carbocycles. The first kappa shape index (κ1) is 12.9. The van der Waals surface area contributed by atoms with E-state index >= 15 is 0 Å². The Kier molecular flexibility index (Phi) is 4.14. The van der Waals surface area contributed by atoms with Gasteiger partial charge < -0.3 is 10.4 Å². The number of aliphatic hydroxyl groups is 1. The lowest BCUT2D eigenvalue weighted by molar-refractivity contribution is 0.0524. The molecular weight excluding hydrogens is 214 g/mol. The predicted octanol–water partition coefficient (Wildman–Crippen LogP) is 0.314. The maximum Gasteiger partial charge on any atom is 0.150 e. The van der Waals surface area contributed by atoms with Gasteiger partial charge in [-0.1, -0.05) is 6.92 Å². The molecule has 4 nitrogen and oxygen atoms in total. The molecule has 1 aliphatic rings. The van der Waals surface area contributed by atoms with E-state index in [1.54, 1.807) is 6.92 Å². The van der Waals surface area contributed by atoms with Crippen molar-refractivity contribution in [3.63, 3.8) is 0 Å². The van der Waals surface area contributed by atoms with Crippen LogP contribution < -0.4 is 5.32 Å². The average Bonchev–Trinajstić information content (AvgIpc) is 2.16. The second-order valence-corrected chi connectivity index (χ2v) is 6.96. The van der Waals surface area contributed by atoms with Gasteiger partial charge in [0, 0.05) is 12.6 Å². The van der Waals surface area contributed by atoms with Crippen LogP contribution in [0.3, 0.4) is 0 Å². The summed E-state index contributed by atoms with van der Waals surface area (Å²) in [5.41, 5.74) is -0.684. The minimum atomic E-state index is -2.78. The van der Waals surface area contributed by atoms with E-state index < -0.39 is 15.4 Å². The fourth-order valence-electron chi connectivity index (χ4n) is 1.58. The van der Waals surface area contributed by atoms with Crippen molar-refractivity contribution in [2.45, 2.75) is 44.8 Å². The second-order valence-electron chi connectivity index (χ2n) is 4.66. The molecule has 90 valence electrons. The van der Waals surface area contributed by atoms with E-state index in [1.165, 1.54) is 0 Å². The molecule has 5 heteroatoms.